The van der Waals surface area contributed by atoms with Gasteiger partial charge in [0.25, 0.3) is 5.91 Å². The number of halogens is 1. The highest BCUT2D eigenvalue weighted by atomic mass is 35.5. The van der Waals surface area contributed by atoms with Crippen LogP contribution in [0.1, 0.15) is 24.5 Å². The molecule has 2 aromatic rings. The Morgan fingerprint density at radius 2 is 1.86 bits per heavy atom. The van der Waals surface area contributed by atoms with Crippen LogP contribution < -0.4 is 9.47 Å². The van der Waals surface area contributed by atoms with E-state index in [0.717, 1.165) is 23.3 Å². The van der Waals surface area contributed by atoms with Gasteiger partial charge in [-0.05, 0) is 49.8 Å². The van der Waals surface area contributed by atoms with Gasteiger partial charge in [0, 0.05) is 23.6 Å². The minimum atomic E-state index is -0.0833. The molecule has 0 saturated carbocycles. The maximum absolute atomic E-state index is 12.5. The third-order valence-corrected chi connectivity index (χ3v) is 5.96. The molecule has 2 aromatic carbocycles. The van der Waals surface area contributed by atoms with Crippen molar-refractivity contribution in [2.24, 2.45) is 0 Å². The molecule has 7 heteroatoms. The van der Waals surface area contributed by atoms with Crippen molar-refractivity contribution in [1.82, 2.24) is 4.90 Å². The molecule has 0 radical (unpaired) electrons. The number of hydrogen-bond acceptors (Lipinski definition) is 5. The van der Waals surface area contributed by atoms with E-state index in [4.69, 9.17) is 33.3 Å². The lowest BCUT2D eigenvalue weighted by Crippen LogP contribution is -2.27. The van der Waals surface area contributed by atoms with Gasteiger partial charge in [0.15, 0.2) is 0 Å². The van der Waals surface area contributed by atoms with Gasteiger partial charge >= 0.3 is 0 Å². The zero-order valence-electron chi connectivity index (χ0n) is 16.3. The van der Waals surface area contributed by atoms with E-state index in [1.165, 1.54) is 11.8 Å². The number of amides is 1. The molecule has 3 rings (SSSR count). The van der Waals surface area contributed by atoms with Crippen molar-refractivity contribution in [1.29, 1.82) is 0 Å². The van der Waals surface area contributed by atoms with Crippen molar-refractivity contribution < 1.29 is 14.3 Å². The van der Waals surface area contributed by atoms with Crippen LogP contribution in [0.4, 0.5) is 0 Å². The Morgan fingerprint density at radius 3 is 2.55 bits per heavy atom. The SMILES string of the molecule is CCN1C(=O)C(=Cc2cc(Cl)ccc2OCCCOc2ccccc2C)SC1=S. The smallest absolute Gasteiger partial charge is 0.266 e. The normalized spacial score (nSPS) is 15.3. The van der Waals surface area contributed by atoms with E-state index in [2.05, 4.69) is 0 Å². The number of benzene rings is 2. The van der Waals surface area contributed by atoms with E-state index in [0.29, 0.717) is 39.8 Å². The molecule has 0 aromatic heterocycles. The third kappa shape index (κ3) is 5.53. The Labute approximate surface area is 185 Å². The molecule has 1 heterocycles. The number of rotatable bonds is 8. The van der Waals surface area contributed by atoms with Crippen molar-refractivity contribution >= 4 is 51.9 Å². The summed E-state index contributed by atoms with van der Waals surface area (Å²) in [5.41, 5.74) is 1.87. The average Bonchev–Trinajstić information content (AvgIpc) is 2.97. The van der Waals surface area contributed by atoms with Crippen LogP contribution in [0.2, 0.25) is 5.02 Å². The van der Waals surface area contributed by atoms with Crippen LogP contribution >= 0.6 is 35.6 Å². The van der Waals surface area contributed by atoms with Gasteiger partial charge in [-0.3, -0.25) is 9.69 Å². The van der Waals surface area contributed by atoms with Crippen molar-refractivity contribution in [3.8, 4) is 11.5 Å². The Hall–Kier alpha value is -2.02. The van der Waals surface area contributed by atoms with E-state index < -0.39 is 0 Å². The standard InChI is InChI=1S/C22H22ClNO3S2/c1-3-24-21(25)20(29-22(24)28)14-16-13-17(23)9-10-19(16)27-12-6-11-26-18-8-5-4-7-15(18)2/h4-5,7-10,13-14H,3,6,11-12H2,1-2H3. The van der Waals surface area contributed by atoms with Crippen LogP contribution in [0.25, 0.3) is 6.08 Å². The number of para-hydroxylation sites is 1. The number of likely N-dealkylation sites (N-methyl/N-ethyl adjacent to an activating group) is 1. The molecule has 1 fully saturated rings. The first kappa shape index (κ1) is 21.7. The molecule has 0 atom stereocenters. The Kier molecular flexibility index (Phi) is 7.58. The van der Waals surface area contributed by atoms with Gasteiger partial charge in [-0.25, -0.2) is 0 Å². The summed E-state index contributed by atoms with van der Waals surface area (Å²) in [6.45, 7) is 5.53. The highest BCUT2D eigenvalue weighted by molar-refractivity contribution is 8.26. The molecular formula is C22H22ClNO3S2. The van der Waals surface area contributed by atoms with Crippen molar-refractivity contribution in [2.45, 2.75) is 20.3 Å². The summed E-state index contributed by atoms with van der Waals surface area (Å²) in [5.74, 6) is 1.48. The molecule has 4 nitrogen and oxygen atoms in total. The van der Waals surface area contributed by atoms with Crippen molar-refractivity contribution in [3.63, 3.8) is 0 Å². The molecular weight excluding hydrogens is 426 g/mol. The van der Waals surface area contributed by atoms with Gasteiger partial charge in [0.05, 0.1) is 18.1 Å². The topological polar surface area (TPSA) is 38.8 Å². The summed E-state index contributed by atoms with van der Waals surface area (Å²) < 4.78 is 12.3. The van der Waals surface area contributed by atoms with Gasteiger partial charge in [-0.15, -0.1) is 0 Å². The summed E-state index contributed by atoms with van der Waals surface area (Å²) in [6, 6.07) is 13.3. The van der Waals surface area contributed by atoms with Crippen LogP contribution in [0, 0.1) is 6.92 Å². The number of thiocarbonyl (C=S) groups is 1. The van der Waals surface area contributed by atoms with Gasteiger partial charge < -0.3 is 9.47 Å². The third-order valence-electron chi connectivity index (χ3n) is 4.35. The number of thioether (sulfide) groups is 1. The molecule has 0 bridgehead atoms. The fourth-order valence-electron chi connectivity index (χ4n) is 2.82. The Morgan fingerprint density at radius 1 is 1.14 bits per heavy atom. The fourth-order valence-corrected chi connectivity index (χ4v) is 4.37. The van der Waals surface area contributed by atoms with Crippen LogP contribution in [-0.2, 0) is 4.79 Å². The second-order valence-corrected chi connectivity index (χ2v) is 8.54. The minimum Gasteiger partial charge on any atom is -0.493 e. The summed E-state index contributed by atoms with van der Waals surface area (Å²) in [5, 5.41) is 0.581. The number of carbonyl (C=O) groups is 1. The highest BCUT2D eigenvalue weighted by Gasteiger charge is 2.30. The zero-order valence-corrected chi connectivity index (χ0v) is 18.7. The predicted molar refractivity (Wildman–Crippen MR) is 124 cm³/mol. The molecule has 0 N–H and O–H groups in total. The molecule has 0 unspecified atom stereocenters. The van der Waals surface area contributed by atoms with Crippen molar-refractivity contribution in [3.05, 3.63) is 63.5 Å². The summed E-state index contributed by atoms with van der Waals surface area (Å²) in [6.07, 6.45) is 2.52. The first-order valence-electron chi connectivity index (χ1n) is 9.35. The quantitative estimate of drug-likeness (QED) is 0.294. The number of aryl methyl sites for hydroxylation is 1. The van der Waals surface area contributed by atoms with Crippen LogP contribution in [0.3, 0.4) is 0 Å². The molecule has 1 saturated heterocycles. The molecule has 1 aliphatic heterocycles. The lowest BCUT2D eigenvalue weighted by Gasteiger charge is -2.12. The van der Waals surface area contributed by atoms with Gasteiger partial charge in [0.1, 0.15) is 15.8 Å². The minimum absolute atomic E-state index is 0.0833. The lowest BCUT2D eigenvalue weighted by atomic mass is 10.2. The molecule has 0 aliphatic carbocycles. The second-order valence-electron chi connectivity index (χ2n) is 6.42. The van der Waals surface area contributed by atoms with E-state index in [1.54, 1.807) is 23.1 Å². The Balaban J connectivity index is 1.62. The maximum atomic E-state index is 12.5. The zero-order chi connectivity index (χ0) is 20.8. The van der Waals surface area contributed by atoms with E-state index in [-0.39, 0.29) is 5.91 Å². The second kappa shape index (κ2) is 10.1. The summed E-state index contributed by atoms with van der Waals surface area (Å²) in [7, 11) is 0. The fraction of sp³-hybridized carbons (Fsp3) is 0.273. The highest BCUT2D eigenvalue weighted by Crippen LogP contribution is 2.34. The van der Waals surface area contributed by atoms with Crippen LogP contribution in [0.15, 0.2) is 47.4 Å². The summed E-state index contributed by atoms with van der Waals surface area (Å²) in [4.78, 5) is 14.6. The number of hydrogen-bond donors (Lipinski definition) is 0. The monoisotopic (exact) mass is 447 g/mol. The van der Waals surface area contributed by atoms with Crippen LogP contribution in [-0.4, -0.2) is 34.9 Å². The van der Waals surface area contributed by atoms with Crippen molar-refractivity contribution in [2.75, 3.05) is 19.8 Å². The lowest BCUT2D eigenvalue weighted by molar-refractivity contribution is -0.121. The van der Waals surface area contributed by atoms with E-state index in [9.17, 15) is 4.79 Å². The first-order valence-corrected chi connectivity index (χ1v) is 11.0. The molecule has 1 amide bonds. The van der Waals surface area contributed by atoms with Crippen LogP contribution in [0.5, 0.6) is 11.5 Å². The summed E-state index contributed by atoms with van der Waals surface area (Å²) >= 11 is 12.7. The van der Waals surface area contributed by atoms with Gasteiger partial charge in [-0.2, -0.15) is 0 Å². The number of ether oxygens (including phenoxy) is 2. The molecule has 152 valence electrons. The molecule has 1 aliphatic rings. The Bertz CT molecular complexity index is 945. The van der Waals surface area contributed by atoms with Gasteiger partial charge in [-0.1, -0.05) is 53.8 Å². The molecule has 0 spiro atoms. The maximum Gasteiger partial charge on any atom is 0.266 e. The first-order chi connectivity index (χ1) is 14.0. The van der Waals surface area contributed by atoms with E-state index in [1.807, 2.05) is 44.2 Å². The largest absolute Gasteiger partial charge is 0.493 e. The average molecular weight is 448 g/mol. The number of nitrogens with zero attached hydrogens (tertiary/aromatic N) is 1. The predicted octanol–water partition coefficient (Wildman–Crippen LogP) is 5.72. The molecule has 29 heavy (non-hydrogen) atoms. The number of carbonyl (C=O) groups excluding carboxylic acids is 1. The van der Waals surface area contributed by atoms with Gasteiger partial charge in [0.2, 0.25) is 0 Å². The van der Waals surface area contributed by atoms with E-state index >= 15 is 0 Å².